The number of rotatable bonds is 3. The highest BCUT2D eigenvalue weighted by molar-refractivity contribution is 5.97. The monoisotopic (exact) mass is 288 g/mol. The lowest BCUT2D eigenvalue weighted by Crippen LogP contribution is -2.09. The lowest BCUT2D eigenvalue weighted by Gasteiger charge is -1.81. The second-order valence-corrected chi connectivity index (χ2v) is 3.99. The van der Waals surface area contributed by atoms with E-state index in [9.17, 15) is 14.4 Å². The van der Waals surface area contributed by atoms with E-state index >= 15 is 0 Å². The van der Waals surface area contributed by atoms with E-state index in [4.69, 9.17) is 19.8 Å². The van der Waals surface area contributed by atoms with Crippen molar-refractivity contribution in [3.63, 3.8) is 0 Å². The van der Waals surface area contributed by atoms with Gasteiger partial charge < -0.3 is 14.6 Å². The maximum absolute atomic E-state index is 10.6. The molecular formula is C14H12N2O5. The number of nitrogens with two attached hydrogens (primary N) is 1. The van der Waals surface area contributed by atoms with E-state index in [1.807, 2.05) is 6.07 Å². The van der Waals surface area contributed by atoms with Crippen LogP contribution in [0, 0.1) is 11.3 Å². The van der Waals surface area contributed by atoms with Gasteiger partial charge >= 0.3 is 0 Å². The summed E-state index contributed by atoms with van der Waals surface area (Å²) in [5.74, 6) is -0.601. The van der Waals surface area contributed by atoms with Crippen LogP contribution < -0.4 is 5.73 Å². The molecule has 0 atom stereocenters. The average Bonchev–Trinajstić information content (AvgIpc) is 3.08. The zero-order valence-corrected chi connectivity index (χ0v) is 11.4. The van der Waals surface area contributed by atoms with Gasteiger partial charge in [0.2, 0.25) is 0 Å². The molecule has 21 heavy (non-hydrogen) atoms. The van der Waals surface area contributed by atoms with Gasteiger partial charge in [0, 0.05) is 26.0 Å². The molecule has 0 saturated heterocycles. The van der Waals surface area contributed by atoms with E-state index in [2.05, 4.69) is 0 Å². The molecule has 2 N–H and O–H groups in total. The number of nitrogens with zero attached hydrogens (tertiary/aromatic N) is 1. The number of hydrogen-bond donors (Lipinski definition) is 1. The van der Waals surface area contributed by atoms with Gasteiger partial charge in [0.1, 0.15) is 18.6 Å². The average molecular weight is 288 g/mol. The minimum Gasteiger partial charge on any atom is -0.460 e. The van der Waals surface area contributed by atoms with Crippen molar-refractivity contribution in [3.05, 3.63) is 47.3 Å². The van der Waals surface area contributed by atoms with Crippen LogP contribution in [0.3, 0.4) is 0 Å². The summed E-state index contributed by atoms with van der Waals surface area (Å²) in [5.41, 5.74) is 5.51. The highest BCUT2D eigenvalue weighted by Crippen LogP contribution is 2.07. The highest BCUT2D eigenvalue weighted by Gasteiger charge is 2.08. The molecule has 0 bridgehead atoms. The third-order valence-corrected chi connectivity index (χ3v) is 2.31. The number of Topliss-reactive ketones (excluding diaryl/α,β-unsaturated/α-hetero) is 2. The summed E-state index contributed by atoms with van der Waals surface area (Å²) in [6, 6.07) is 4.60. The van der Waals surface area contributed by atoms with Gasteiger partial charge in [0.15, 0.2) is 23.1 Å². The summed E-state index contributed by atoms with van der Waals surface area (Å²) < 4.78 is 9.48. The molecule has 7 nitrogen and oxygen atoms in total. The molecule has 0 aliphatic rings. The van der Waals surface area contributed by atoms with E-state index in [0.717, 1.165) is 0 Å². The van der Waals surface area contributed by atoms with Crippen LogP contribution >= 0.6 is 0 Å². The molecule has 2 heterocycles. The Labute approximate surface area is 119 Å². The Bertz CT molecular complexity index is 689. The standard InChI is InChI=1S/C7H7NO3.C7H5NO2/c1-4(9)6-2-5(3-11-6)7(8)10;1-5(9)7-2-6(3-8)4-10-7/h2-3H,1H3,(H2,8,10);2,4H,1H3. The summed E-state index contributed by atoms with van der Waals surface area (Å²) in [6.45, 7) is 2.74. The second kappa shape index (κ2) is 6.86. The Morgan fingerprint density at radius 2 is 1.57 bits per heavy atom. The Morgan fingerprint density at radius 1 is 1.05 bits per heavy atom. The lowest BCUT2D eigenvalue weighted by atomic mass is 10.2. The quantitative estimate of drug-likeness (QED) is 0.859. The largest absolute Gasteiger partial charge is 0.460 e. The van der Waals surface area contributed by atoms with Crippen LogP contribution in [0.25, 0.3) is 0 Å². The van der Waals surface area contributed by atoms with Crippen LogP contribution in [0.2, 0.25) is 0 Å². The second-order valence-electron chi connectivity index (χ2n) is 3.99. The normalized spacial score (nSPS) is 9.19. The summed E-state index contributed by atoms with van der Waals surface area (Å²) in [6.07, 6.45) is 2.43. The fourth-order valence-electron chi connectivity index (χ4n) is 1.23. The molecule has 0 saturated carbocycles. The van der Waals surface area contributed by atoms with Crippen molar-refractivity contribution >= 4 is 17.5 Å². The zero-order chi connectivity index (χ0) is 16.0. The van der Waals surface area contributed by atoms with Crippen molar-refractivity contribution in [1.82, 2.24) is 0 Å². The Kier molecular flexibility index (Phi) is 5.20. The first kappa shape index (κ1) is 15.9. The first-order valence-corrected chi connectivity index (χ1v) is 5.74. The van der Waals surface area contributed by atoms with Gasteiger partial charge in [-0.1, -0.05) is 0 Å². The molecule has 7 heteroatoms. The predicted molar refractivity (Wildman–Crippen MR) is 70.7 cm³/mol. The molecule has 0 radical (unpaired) electrons. The summed E-state index contributed by atoms with van der Waals surface area (Å²) in [4.78, 5) is 31.7. The number of ketones is 2. The SMILES string of the molecule is CC(=O)c1cc(C#N)co1.CC(=O)c1cc(C(N)=O)co1. The van der Waals surface area contributed by atoms with Crippen molar-refractivity contribution in [2.75, 3.05) is 0 Å². The van der Waals surface area contributed by atoms with Crippen molar-refractivity contribution in [3.8, 4) is 6.07 Å². The number of carbonyl (C=O) groups excluding carboxylic acids is 3. The summed E-state index contributed by atoms with van der Waals surface area (Å²) in [5, 5.41) is 8.31. The first-order valence-electron chi connectivity index (χ1n) is 5.74. The molecule has 0 fully saturated rings. The molecule has 108 valence electrons. The maximum atomic E-state index is 10.6. The number of nitriles is 1. The third-order valence-electron chi connectivity index (χ3n) is 2.31. The summed E-state index contributed by atoms with van der Waals surface area (Å²) in [7, 11) is 0. The van der Waals surface area contributed by atoms with Gasteiger partial charge in [-0.2, -0.15) is 5.26 Å². The predicted octanol–water partition coefficient (Wildman–Crippen LogP) is 1.93. The molecule has 1 amide bonds. The number of primary amides is 1. The van der Waals surface area contributed by atoms with E-state index in [1.54, 1.807) is 0 Å². The molecule has 0 aliphatic heterocycles. The number of furan rings is 2. The molecule has 0 aromatic carbocycles. The molecule has 0 spiro atoms. The van der Waals surface area contributed by atoms with Gasteiger partial charge in [-0.15, -0.1) is 0 Å². The van der Waals surface area contributed by atoms with Crippen LogP contribution in [0.5, 0.6) is 0 Å². The van der Waals surface area contributed by atoms with Gasteiger partial charge in [0.05, 0.1) is 11.1 Å². The molecule has 0 aliphatic carbocycles. The minimum atomic E-state index is -0.596. The number of hydrogen-bond acceptors (Lipinski definition) is 6. The Morgan fingerprint density at radius 3 is 1.86 bits per heavy atom. The molecule has 0 unspecified atom stereocenters. The van der Waals surface area contributed by atoms with Gasteiger partial charge in [-0.05, 0) is 0 Å². The van der Waals surface area contributed by atoms with Crippen molar-refractivity contribution in [1.29, 1.82) is 5.26 Å². The summed E-state index contributed by atoms with van der Waals surface area (Å²) >= 11 is 0. The zero-order valence-electron chi connectivity index (χ0n) is 11.4. The maximum Gasteiger partial charge on any atom is 0.251 e. The van der Waals surface area contributed by atoms with E-state index < -0.39 is 5.91 Å². The molecule has 2 aromatic heterocycles. The Balaban J connectivity index is 0.000000211. The van der Waals surface area contributed by atoms with E-state index in [1.165, 1.54) is 38.5 Å². The van der Waals surface area contributed by atoms with Gasteiger partial charge in [-0.25, -0.2) is 0 Å². The molecule has 2 rings (SSSR count). The van der Waals surface area contributed by atoms with E-state index in [0.29, 0.717) is 5.56 Å². The fraction of sp³-hybridized carbons (Fsp3) is 0.143. The van der Waals surface area contributed by atoms with Crippen LogP contribution in [-0.2, 0) is 0 Å². The van der Waals surface area contributed by atoms with Crippen LogP contribution in [0.4, 0.5) is 0 Å². The van der Waals surface area contributed by atoms with Crippen molar-refractivity contribution in [2.45, 2.75) is 13.8 Å². The topological polar surface area (TPSA) is 127 Å². The smallest absolute Gasteiger partial charge is 0.251 e. The molecular weight excluding hydrogens is 276 g/mol. The number of amides is 1. The minimum absolute atomic E-state index is 0.152. The lowest BCUT2D eigenvalue weighted by molar-refractivity contribution is 0.0979. The fourth-order valence-corrected chi connectivity index (χ4v) is 1.23. The highest BCUT2D eigenvalue weighted by atomic mass is 16.3. The van der Waals surface area contributed by atoms with Gasteiger partial charge in [-0.3, -0.25) is 14.4 Å². The van der Waals surface area contributed by atoms with Gasteiger partial charge in [0.25, 0.3) is 5.91 Å². The van der Waals surface area contributed by atoms with Crippen molar-refractivity contribution in [2.24, 2.45) is 5.73 Å². The van der Waals surface area contributed by atoms with Crippen LogP contribution in [0.15, 0.2) is 33.5 Å². The first-order chi connectivity index (χ1) is 9.85. The Hall–Kier alpha value is -3.14. The van der Waals surface area contributed by atoms with E-state index in [-0.39, 0.29) is 28.7 Å². The van der Waals surface area contributed by atoms with Crippen LogP contribution in [-0.4, -0.2) is 17.5 Å². The number of carbonyl (C=O) groups is 3. The van der Waals surface area contributed by atoms with Crippen LogP contribution in [0.1, 0.15) is 50.9 Å². The van der Waals surface area contributed by atoms with Crippen molar-refractivity contribution < 1.29 is 23.2 Å². The third kappa shape index (κ3) is 4.47. The molecule has 2 aromatic rings.